The number of carbonyl (C=O) groups is 1. The summed E-state index contributed by atoms with van der Waals surface area (Å²) in [5.74, 6) is -1.00. The first-order valence-electron chi connectivity index (χ1n) is 7.66. The second-order valence-corrected chi connectivity index (χ2v) is 7.36. The van der Waals surface area contributed by atoms with Crippen molar-refractivity contribution in [3.8, 4) is 0 Å². The van der Waals surface area contributed by atoms with Crippen molar-refractivity contribution >= 4 is 15.9 Å². The average molecular weight is 368 g/mol. The number of ether oxygens (including phenoxy) is 1. The van der Waals surface area contributed by atoms with E-state index in [2.05, 4.69) is 5.32 Å². The fourth-order valence-corrected chi connectivity index (χ4v) is 3.89. The predicted molar refractivity (Wildman–Crippen MR) is 85.9 cm³/mol. The molecular weight excluding hydrogens is 351 g/mol. The number of hydrogen-bond donors (Lipinski definition) is 1. The summed E-state index contributed by atoms with van der Waals surface area (Å²) < 4.78 is 50.7. The minimum absolute atomic E-state index is 0.0751. The second kappa shape index (κ2) is 7.34. The van der Waals surface area contributed by atoms with Crippen molar-refractivity contribution in [3.63, 3.8) is 0 Å². The summed E-state index contributed by atoms with van der Waals surface area (Å²) in [6, 6.07) is 6.52. The molecule has 0 atom stereocenters. The Bertz CT molecular complexity index is 845. The van der Waals surface area contributed by atoms with E-state index in [4.69, 9.17) is 9.15 Å². The van der Waals surface area contributed by atoms with Crippen LogP contribution < -0.4 is 5.32 Å². The molecule has 0 unspecified atom stereocenters. The van der Waals surface area contributed by atoms with Crippen LogP contribution in [0.15, 0.2) is 45.9 Å². The van der Waals surface area contributed by atoms with Crippen LogP contribution in [0.4, 0.5) is 4.39 Å². The van der Waals surface area contributed by atoms with E-state index in [-0.39, 0.29) is 30.1 Å². The fraction of sp³-hybridized carbons (Fsp3) is 0.312. The number of nitrogens with zero attached hydrogens (tertiary/aromatic N) is 1. The van der Waals surface area contributed by atoms with Gasteiger partial charge in [-0.3, -0.25) is 4.79 Å². The van der Waals surface area contributed by atoms with Gasteiger partial charge in [0.05, 0.1) is 36.5 Å². The van der Waals surface area contributed by atoms with Crippen LogP contribution in [0.3, 0.4) is 0 Å². The fourth-order valence-electron chi connectivity index (χ4n) is 2.45. The van der Waals surface area contributed by atoms with E-state index in [0.717, 1.165) is 18.2 Å². The molecule has 2 aromatic rings. The van der Waals surface area contributed by atoms with Gasteiger partial charge in [-0.15, -0.1) is 0 Å². The van der Waals surface area contributed by atoms with E-state index >= 15 is 0 Å². The minimum Gasteiger partial charge on any atom is -0.467 e. The highest BCUT2D eigenvalue weighted by Gasteiger charge is 2.27. The molecule has 1 aliphatic heterocycles. The number of rotatable bonds is 5. The van der Waals surface area contributed by atoms with Gasteiger partial charge in [-0.1, -0.05) is 0 Å². The second-order valence-electron chi connectivity index (χ2n) is 5.42. The molecule has 1 aromatic carbocycles. The largest absolute Gasteiger partial charge is 0.467 e. The Morgan fingerprint density at radius 3 is 2.68 bits per heavy atom. The smallest absolute Gasteiger partial charge is 0.254 e. The van der Waals surface area contributed by atoms with E-state index in [1.165, 1.54) is 10.6 Å². The Hall–Kier alpha value is -2.23. The molecule has 3 rings (SSSR count). The zero-order valence-corrected chi connectivity index (χ0v) is 14.1. The maximum absolute atomic E-state index is 14.0. The highest BCUT2D eigenvalue weighted by molar-refractivity contribution is 7.89. The standard InChI is InChI=1S/C16H17FN2O5S/c17-15-4-3-13(25(21,22)19-5-8-23-9-6-19)10-14(15)16(20)18-11-12-2-1-7-24-12/h1-4,7,10H,5-6,8-9,11H2,(H,18,20). The molecule has 1 saturated heterocycles. The van der Waals surface area contributed by atoms with Gasteiger partial charge in [0.15, 0.2) is 0 Å². The van der Waals surface area contributed by atoms with Crippen molar-refractivity contribution in [1.29, 1.82) is 0 Å². The zero-order chi connectivity index (χ0) is 17.9. The lowest BCUT2D eigenvalue weighted by Crippen LogP contribution is -2.40. The monoisotopic (exact) mass is 368 g/mol. The molecular formula is C16H17FN2O5S. The molecule has 9 heteroatoms. The average Bonchev–Trinajstić information content (AvgIpc) is 3.14. The number of halogens is 1. The lowest BCUT2D eigenvalue weighted by Gasteiger charge is -2.26. The van der Waals surface area contributed by atoms with Crippen molar-refractivity contribution in [1.82, 2.24) is 9.62 Å². The van der Waals surface area contributed by atoms with Crippen molar-refractivity contribution in [2.24, 2.45) is 0 Å². The van der Waals surface area contributed by atoms with Crippen LogP contribution in [0.25, 0.3) is 0 Å². The minimum atomic E-state index is -3.80. The molecule has 7 nitrogen and oxygen atoms in total. The van der Waals surface area contributed by atoms with Crippen LogP contribution in [0, 0.1) is 5.82 Å². The maximum Gasteiger partial charge on any atom is 0.254 e. The third kappa shape index (κ3) is 3.89. The third-order valence-corrected chi connectivity index (χ3v) is 5.69. The SMILES string of the molecule is O=C(NCc1ccco1)c1cc(S(=O)(=O)N2CCOCC2)ccc1F. The van der Waals surface area contributed by atoms with Crippen molar-refractivity contribution in [2.75, 3.05) is 26.3 Å². The van der Waals surface area contributed by atoms with Gasteiger partial charge in [-0.25, -0.2) is 12.8 Å². The number of sulfonamides is 1. The first-order chi connectivity index (χ1) is 12.0. The topological polar surface area (TPSA) is 88.8 Å². The van der Waals surface area contributed by atoms with E-state index in [0.29, 0.717) is 19.0 Å². The number of benzene rings is 1. The van der Waals surface area contributed by atoms with Crippen LogP contribution in [0.5, 0.6) is 0 Å². The summed E-state index contributed by atoms with van der Waals surface area (Å²) in [5.41, 5.74) is -0.333. The molecule has 0 radical (unpaired) electrons. The van der Waals surface area contributed by atoms with Gasteiger partial charge in [0.2, 0.25) is 10.0 Å². The number of hydrogen-bond acceptors (Lipinski definition) is 5. The summed E-state index contributed by atoms with van der Waals surface area (Å²) in [4.78, 5) is 12.1. The Morgan fingerprint density at radius 2 is 2.00 bits per heavy atom. The molecule has 0 aliphatic carbocycles. The summed E-state index contributed by atoms with van der Waals surface area (Å²) in [5, 5.41) is 2.50. The van der Waals surface area contributed by atoms with Crippen LogP contribution in [-0.4, -0.2) is 44.9 Å². The Balaban J connectivity index is 1.81. The van der Waals surface area contributed by atoms with Gasteiger partial charge >= 0.3 is 0 Å². The quantitative estimate of drug-likeness (QED) is 0.861. The Labute approximate surface area is 144 Å². The highest BCUT2D eigenvalue weighted by atomic mass is 32.2. The van der Waals surface area contributed by atoms with Crippen molar-refractivity contribution < 1.29 is 26.8 Å². The van der Waals surface area contributed by atoms with E-state index in [1.54, 1.807) is 12.1 Å². The molecule has 1 fully saturated rings. The van der Waals surface area contributed by atoms with Gasteiger partial charge in [0.25, 0.3) is 5.91 Å². The molecule has 2 heterocycles. The lowest BCUT2D eigenvalue weighted by atomic mass is 10.2. The molecule has 0 spiro atoms. The highest BCUT2D eigenvalue weighted by Crippen LogP contribution is 2.20. The maximum atomic E-state index is 14.0. The third-order valence-electron chi connectivity index (χ3n) is 3.79. The van der Waals surface area contributed by atoms with Gasteiger partial charge in [0, 0.05) is 13.1 Å². The number of nitrogens with one attached hydrogen (secondary N) is 1. The first kappa shape index (κ1) is 17.6. The molecule has 1 aliphatic rings. The van der Waals surface area contributed by atoms with Gasteiger partial charge in [-0.05, 0) is 30.3 Å². The number of morpholine rings is 1. The summed E-state index contributed by atoms with van der Waals surface area (Å²) in [6.45, 7) is 1.12. The molecule has 0 saturated carbocycles. The van der Waals surface area contributed by atoms with Crippen LogP contribution in [0.2, 0.25) is 0 Å². The summed E-state index contributed by atoms with van der Waals surface area (Å²) >= 11 is 0. The summed E-state index contributed by atoms with van der Waals surface area (Å²) in [6.07, 6.45) is 1.46. The van der Waals surface area contributed by atoms with Gasteiger partial charge < -0.3 is 14.5 Å². The number of amides is 1. The van der Waals surface area contributed by atoms with E-state index in [9.17, 15) is 17.6 Å². The molecule has 1 aromatic heterocycles. The van der Waals surface area contributed by atoms with Crippen LogP contribution >= 0.6 is 0 Å². The first-order valence-corrected chi connectivity index (χ1v) is 9.10. The van der Waals surface area contributed by atoms with E-state index in [1.807, 2.05) is 0 Å². The molecule has 1 N–H and O–H groups in total. The van der Waals surface area contributed by atoms with Crippen molar-refractivity contribution in [3.05, 3.63) is 53.7 Å². The van der Waals surface area contributed by atoms with E-state index < -0.39 is 21.7 Å². The number of carbonyl (C=O) groups excluding carboxylic acids is 1. The van der Waals surface area contributed by atoms with Gasteiger partial charge in [-0.2, -0.15) is 4.31 Å². The normalized spacial score (nSPS) is 15.9. The Kier molecular flexibility index (Phi) is 5.16. The molecule has 134 valence electrons. The summed E-state index contributed by atoms with van der Waals surface area (Å²) in [7, 11) is -3.80. The lowest BCUT2D eigenvalue weighted by molar-refractivity contribution is 0.0730. The van der Waals surface area contributed by atoms with Crippen LogP contribution in [0.1, 0.15) is 16.1 Å². The molecule has 1 amide bonds. The van der Waals surface area contributed by atoms with Gasteiger partial charge in [0.1, 0.15) is 11.6 Å². The molecule has 0 bridgehead atoms. The predicted octanol–water partition coefficient (Wildman–Crippen LogP) is 1.37. The Morgan fingerprint density at radius 1 is 1.24 bits per heavy atom. The van der Waals surface area contributed by atoms with Crippen LogP contribution in [-0.2, 0) is 21.3 Å². The zero-order valence-electron chi connectivity index (χ0n) is 13.3. The molecule has 25 heavy (non-hydrogen) atoms. The number of furan rings is 1. The van der Waals surface area contributed by atoms with Crippen molar-refractivity contribution in [2.45, 2.75) is 11.4 Å².